The highest BCUT2D eigenvalue weighted by atomic mass is 16.5. The lowest BCUT2D eigenvalue weighted by Gasteiger charge is -2.11. The van der Waals surface area contributed by atoms with Crippen LogP contribution < -0.4 is 15.8 Å². The van der Waals surface area contributed by atoms with Crippen LogP contribution in [0.3, 0.4) is 0 Å². The van der Waals surface area contributed by atoms with Crippen molar-refractivity contribution in [3.63, 3.8) is 0 Å². The summed E-state index contributed by atoms with van der Waals surface area (Å²) in [7, 11) is 1.65. The molecule has 3 N–H and O–H groups in total. The van der Waals surface area contributed by atoms with E-state index in [1.165, 1.54) is 6.42 Å². The summed E-state index contributed by atoms with van der Waals surface area (Å²) in [5.41, 5.74) is 7.52. The average molecular weight is 236 g/mol. The zero-order valence-corrected chi connectivity index (χ0v) is 10.2. The number of rotatable bonds is 5. The van der Waals surface area contributed by atoms with Gasteiger partial charge >= 0.3 is 0 Å². The summed E-state index contributed by atoms with van der Waals surface area (Å²) in [4.78, 5) is 0. The van der Waals surface area contributed by atoms with Crippen molar-refractivity contribution >= 4 is 11.4 Å². The molecule has 0 bridgehead atoms. The van der Waals surface area contributed by atoms with Crippen molar-refractivity contribution in [3.05, 3.63) is 18.2 Å². The van der Waals surface area contributed by atoms with E-state index in [1.54, 1.807) is 7.11 Å². The first kappa shape index (κ1) is 12.0. The predicted molar refractivity (Wildman–Crippen MR) is 69.4 cm³/mol. The van der Waals surface area contributed by atoms with E-state index in [1.807, 2.05) is 18.2 Å². The molecule has 1 atom stereocenters. The fourth-order valence-corrected chi connectivity index (χ4v) is 2.07. The Morgan fingerprint density at radius 3 is 3.06 bits per heavy atom. The van der Waals surface area contributed by atoms with Gasteiger partial charge in [0.1, 0.15) is 5.75 Å². The molecule has 0 saturated carbocycles. The minimum Gasteiger partial charge on any atom is -0.497 e. The van der Waals surface area contributed by atoms with Gasteiger partial charge in [0, 0.05) is 43.3 Å². The van der Waals surface area contributed by atoms with Crippen molar-refractivity contribution < 1.29 is 9.47 Å². The van der Waals surface area contributed by atoms with Gasteiger partial charge in [-0.15, -0.1) is 0 Å². The summed E-state index contributed by atoms with van der Waals surface area (Å²) in [6, 6.07) is 5.70. The maximum atomic E-state index is 5.79. The van der Waals surface area contributed by atoms with E-state index in [0.717, 1.165) is 43.3 Å². The highest BCUT2D eigenvalue weighted by Crippen LogP contribution is 2.23. The quantitative estimate of drug-likeness (QED) is 0.769. The average Bonchev–Trinajstić information content (AvgIpc) is 2.81. The van der Waals surface area contributed by atoms with Gasteiger partial charge in [-0.05, 0) is 24.8 Å². The summed E-state index contributed by atoms with van der Waals surface area (Å²) in [6.45, 7) is 2.76. The maximum Gasteiger partial charge on any atom is 0.122 e. The van der Waals surface area contributed by atoms with Crippen LogP contribution in [0, 0.1) is 5.92 Å². The van der Waals surface area contributed by atoms with E-state index in [-0.39, 0.29) is 0 Å². The van der Waals surface area contributed by atoms with Gasteiger partial charge in [-0.25, -0.2) is 0 Å². The van der Waals surface area contributed by atoms with E-state index in [4.69, 9.17) is 15.2 Å². The lowest BCUT2D eigenvalue weighted by molar-refractivity contribution is 0.185. The van der Waals surface area contributed by atoms with Crippen molar-refractivity contribution in [3.8, 4) is 5.75 Å². The first-order valence-corrected chi connectivity index (χ1v) is 6.04. The summed E-state index contributed by atoms with van der Waals surface area (Å²) in [5, 5.41) is 3.37. The highest BCUT2D eigenvalue weighted by Gasteiger charge is 2.14. The number of hydrogen-bond donors (Lipinski definition) is 2. The van der Waals surface area contributed by atoms with Gasteiger partial charge in [-0.3, -0.25) is 0 Å². The van der Waals surface area contributed by atoms with Crippen molar-refractivity contribution in [2.75, 3.05) is 37.9 Å². The molecule has 1 heterocycles. The molecule has 0 radical (unpaired) electrons. The van der Waals surface area contributed by atoms with Crippen LogP contribution in [0.25, 0.3) is 0 Å². The van der Waals surface area contributed by atoms with E-state index in [9.17, 15) is 0 Å². The maximum absolute atomic E-state index is 5.79. The monoisotopic (exact) mass is 236 g/mol. The third-order valence-electron chi connectivity index (χ3n) is 3.07. The lowest BCUT2D eigenvalue weighted by Crippen LogP contribution is -2.09. The van der Waals surface area contributed by atoms with Gasteiger partial charge in [-0.1, -0.05) is 0 Å². The molecular weight excluding hydrogens is 216 g/mol. The Hall–Kier alpha value is -1.42. The summed E-state index contributed by atoms with van der Waals surface area (Å²) in [5.74, 6) is 1.49. The van der Waals surface area contributed by atoms with Crippen LogP contribution in [-0.2, 0) is 4.74 Å². The van der Waals surface area contributed by atoms with Crippen LogP contribution in [0.4, 0.5) is 11.4 Å². The molecule has 17 heavy (non-hydrogen) atoms. The molecule has 1 unspecified atom stereocenters. The molecule has 2 rings (SSSR count). The number of hydrogen-bond acceptors (Lipinski definition) is 4. The van der Waals surface area contributed by atoms with Crippen LogP contribution in [-0.4, -0.2) is 26.9 Å². The Kier molecular flexibility index (Phi) is 4.09. The largest absolute Gasteiger partial charge is 0.497 e. The Bertz CT molecular complexity index is 362. The molecule has 94 valence electrons. The first-order valence-electron chi connectivity index (χ1n) is 6.04. The van der Waals surface area contributed by atoms with Crippen molar-refractivity contribution in [1.82, 2.24) is 0 Å². The van der Waals surface area contributed by atoms with E-state index in [0.29, 0.717) is 5.92 Å². The molecule has 0 spiro atoms. The van der Waals surface area contributed by atoms with Crippen molar-refractivity contribution in [1.29, 1.82) is 0 Å². The molecule has 1 aliphatic rings. The summed E-state index contributed by atoms with van der Waals surface area (Å²) >= 11 is 0. The van der Waals surface area contributed by atoms with E-state index in [2.05, 4.69) is 5.32 Å². The molecule has 4 nitrogen and oxygen atoms in total. The van der Waals surface area contributed by atoms with Gasteiger partial charge in [0.2, 0.25) is 0 Å². The second kappa shape index (κ2) is 5.77. The Morgan fingerprint density at radius 2 is 2.35 bits per heavy atom. The minimum atomic E-state index is 0.699. The number of nitrogens with one attached hydrogen (secondary N) is 1. The number of nitrogen functional groups attached to an aromatic ring is 1. The summed E-state index contributed by atoms with van der Waals surface area (Å²) < 4.78 is 10.5. The van der Waals surface area contributed by atoms with E-state index >= 15 is 0 Å². The standard InChI is InChI=1S/C13H20N2O2/c1-16-13-7-11(14)6-12(8-13)15-4-2-10-3-5-17-9-10/h6-8,10,15H,2-5,9,14H2,1H3. The van der Waals surface area contributed by atoms with Crippen molar-refractivity contribution in [2.24, 2.45) is 5.92 Å². The fraction of sp³-hybridized carbons (Fsp3) is 0.538. The Morgan fingerprint density at radius 1 is 1.47 bits per heavy atom. The molecule has 0 aromatic heterocycles. The lowest BCUT2D eigenvalue weighted by atomic mass is 10.1. The van der Waals surface area contributed by atoms with Crippen LogP contribution in [0.5, 0.6) is 5.75 Å². The van der Waals surface area contributed by atoms with Crippen molar-refractivity contribution in [2.45, 2.75) is 12.8 Å². The number of nitrogens with two attached hydrogens (primary N) is 1. The van der Waals surface area contributed by atoms with Gasteiger partial charge in [0.05, 0.1) is 7.11 Å². The Balaban J connectivity index is 1.83. The normalized spacial score (nSPS) is 19.2. The SMILES string of the molecule is COc1cc(N)cc(NCCC2CCOC2)c1. The van der Waals surface area contributed by atoms with Crippen LogP contribution >= 0.6 is 0 Å². The molecule has 0 amide bonds. The fourth-order valence-electron chi connectivity index (χ4n) is 2.07. The molecule has 1 saturated heterocycles. The number of anilines is 2. The second-order valence-electron chi connectivity index (χ2n) is 4.44. The number of methoxy groups -OCH3 is 1. The first-order chi connectivity index (χ1) is 8.28. The zero-order valence-electron chi connectivity index (χ0n) is 10.2. The molecule has 0 aliphatic carbocycles. The van der Waals surface area contributed by atoms with Gasteiger partial charge in [0.25, 0.3) is 0 Å². The topological polar surface area (TPSA) is 56.5 Å². The van der Waals surface area contributed by atoms with Crippen LogP contribution in [0.1, 0.15) is 12.8 Å². The zero-order chi connectivity index (χ0) is 12.1. The third-order valence-corrected chi connectivity index (χ3v) is 3.07. The molecule has 1 aromatic carbocycles. The predicted octanol–water partition coefficient (Wildman–Crippen LogP) is 2.12. The Labute approximate surface area is 102 Å². The minimum absolute atomic E-state index is 0.699. The van der Waals surface area contributed by atoms with Crippen LogP contribution in [0.15, 0.2) is 18.2 Å². The summed E-state index contributed by atoms with van der Waals surface area (Å²) in [6.07, 6.45) is 2.32. The molecular formula is C13H20N2O2. The number of benzene rings is 1. The molecule has 1 aromatic rings. The van der Waals surface area contributed by atoms with Crippen LogP contribution in [0.2, 0.25) is 0 Å². The molecule has 1 aliphatic heterocycles. The smallest absolute Gasteiger partial charge is 0.122 e. The second-order valence-corrected chi connectivity index (χ2v) is 4.44. The molecule has 1 fully saturated rings. The van der Waals surface area contributed by atoms with Gasteiger partial charge in [0.15, 0.2) is 0 Å². The van der Waals surface area contributed by atoms with Gasteiger partial charge < -0.3 is 20.5 Å². The van der Waals surface area contributed by atoms with E-state index < -0.39 is 0 Å². The third kappa shape index (κ3) is 3.53. The van der Waals surface area contributed by atoms with Gasteiger partial charge in [-0.2, -0.15) is 0 Å². The molecule has 4 heteroatoms. The number of ether oxygens (including phenoxy) is 2. The highest BCUT2D eigenvalue weighted by molar-refractivity contribution is 5.59.